The topological polar surface area (TPSA) is 55.0 Å². The Labute approximate surface area is 43.8 Å². The van der Waals surface area contributed by atoms with Gasteiger partial charge in [0.05, 0.1) is 0 Å². The average Bonchev–Trinajstić information content (AvgIpc) is 1.65. The molecule has 0 fully saturated rings. The van der Waals surface area contributed by atoms with E-state index in [0.29, 0.717) is 0 Å². The van der Waals surface area contributed by atoms with Crippen molar-refractivity contribution in [3.8, 4) is 0 Å². The van der Waals surface area contributed by atoms with Gasteiger partial charge in [0.15, 0.2) is 0 Å². The number of hydrogen-bond donors (Lipinski definition) is 1. The minimum absolute atomic E-state index is 0. The first kappa shape index (κ1) is 9.99. The van der Waals surface area contributed by atoms with E-state index in [1.807, 2.05) is 13.8 Å². The Kier molecular flexibility index (Phi) is 8.39. The fraction of sp³-hybridized carbons (Fsp3) is 1.00. The van der Waals surface area contributed by atoms with Crippen LogP contribution in [0.15, 0.2) is 0 Å². The van der Waals surface area contributed by atoms with Crippen LogP contribution >= 0.6 is 0 Å². The van der Waals surface area contributed by atoms with Crippen molar-refractivity contribution in [1.82, 2.24) is 5.06 Å². The van der Waals surface area contributed by atoms with Crippen LogP contribution < -0.4 is 0 Å². The normalized spacial score (nSPS) is 8.57. The van der Waals surface area contributed by atoms with Crippen LogP contribution in [0.3, 0.4) is 0 Å². The molecule has 0 radical (unpaired) electrons. The van der Waals surface area contributed by atoms with Crippen LogP contribution in [0.25, 0.3) is 0 Å². The van der Waals surface area contributed by atoms with Crippen LogP contribution in [-0.2, 0) is 0 Å². The van der Waals surface area contributed by atoms with Crippen LogP contribution in [0.4, 0.5) is 0 Å². The zero-order valence-corrected chi connectivity index (χ0v) is 4.81. The van der Waals surface area contributed by atoms with Crippen LogP contribution in [0.2, 0.25) is 0 Å². The molecule has 0 bridgehead atoms. The summed E-state index contributed by atoms with van der Waals surface area (Å²) >= 11 is 0. The SMILES string of the molecule is CCN(O)CC.O. The van der Waals surface area contributed by atoms with E-state index in [2.05, 4.69) is 0 Å². The van der Waals surface area contributed by atoms with Crippen molar-refractivity contribution < 1.29 is 10.7 Å². The molecule has 3 N–H and O–H groups in total. The average molecular weight is 107 g/mol. The van der Waals surface area contributed by atoms with Gasteiger partial charge in [-0.2, -0.15) is 5.06 Å². The fourth-order valence-electron chi connectivity index (χ4n) is 0.224. The summed E-state index contributed by atoms with van der Waals surface area (Å²) in [5, 5.41) is 9.75. The van der Waals surface area contributed by atoms with Gasteiger partial charge in [-0.25, -0.2) is 0 Å². The second-order valence-corrected chi connectivity index (χ2v) is 1.14. The first-order chi connectivity index (χ1) is 2.81. The molecule has 0 amide bonds. The summed E-state index contributed by atoms with van der Waals surface area (Å²) in [6.07, 6.45) is 0. The lowest BCUT2D eigenvalue weighted by Gasteiger charge is -2.05. The standard InChI is InChI=1S/C4H11NO.H2O/c1-3-5(6)4-2;/h6H,3-4H2,1-2H3;1H2. The minimum Gasteiger partial charge on any atom is -0.412 e. The molecule has 0 aliphatic carbocycles. The van der Waals surface area contributed by atoms with E-state index in [1.54, 1.807) is 0 Å². The summed E-state index contributed by atoms with van der Waals surface area (Å²) in [5.74, 6) is 0. The third-order valence-corrected chi connectivity index (χ3v) is 0.730. The van der Waals surface area contributed by atoms with E-state index in [4.69, 9.17) is 5.21 Å². The van der Waals surface area contributed by atoms with Crippen molar-refractivity contribution in [2.24, 2.45) is 0 Å². The molecule has 0 aliphatic rings. The van der Waals surface area contributed by atoms with Gasteiger partial charge >= 0.3 is 0 Å². The third kappa shape index (κ3) is 5.88. The first-order valence-electron chi connectivity index (χ1n) is 2.25. The second kappa shape index (κ2) is 5.88. The molecule has 0 rings (SSSR count). The van der Waals surface area contributed by atoms with Crippen molar-refractivity contribution in [2.75, 3.05) is 13.1 Å². The highest BCUT2D eigenvalue weighted by molar-refractivity contribution is 4.26. The van der Waals surface area contributed by atoms with Crippen LogP contribution in [0.1, 0.15) is 13.8 Å². The van der Waals surface area contributed by atoms with Crippen LogP contribution in [-0.4, -0.2) is 28.8 Å². The van der Waals surface area contributed by atoms with Crippen molar-refractivity contribution in [3.05, 3.63) is 0 Å². The summed E-state index contributed by atoms with van der Waals surface area (Å²) in [6, 6.07) is 0. The lowest BCUT2D eigenvalue weighted by molar-refractivity contribution is -0.0813. The summed E-state index contributed by atoms with van der Waals surface area (Å²) < 4.78 is 0. The van der Waals surface area contributed by atoms with E-state index in [1.165, 1.54) is 5.06 Å². The Balaban J connectivity index is 0. The number of hydrogen-bond acceptors (Lipinski definition) is 2. The van der Waals surface area contributed by atoms with Gasteiger partial charge < -0.3 is 10.7 Å². The molecule has 0 aromatic rings. The Hall–Kier alpha value is -0.120. The Morgan fingerprint density at radius 3 is 1.57 bits per heavy atom. The maximum Gasteiger partial charge on any atom is 0.0209 e. The van der Waals surface area contributed by atoms with E-state index < -0.39 is 0 Å². The maximum absolute atomic E-state index is 8.50. The summed E-state index contributed by atoms with van der Waals surface area (Å²) in [7, 11) is 0. The van der Waals surface area contributed by atoms with E-state index in [0.717, 1.165) is 13.1 Å². The maximum atomic E-state index is 8.50. The van der Waals surface area contributed by atoms with Gasteiger partial charge in [-0.05, 0) is 0 Å². The highest BCUT2D eigenvalue weighted by atomic mass is 16.5. The van der Waals surface area contributed by atoms with Gasteiger partial charge in [-0.3, -0.25) is 0 Å². The molecule has 0 aromatic heterocycles. The molecule has 3 heteroatoms. The second-order valence-electron chi connectivity index (χ2n) is 1.14. The molecule has 3 nitrogen and oxygen atoms in total. The molecule has 46 valence electrons. The molecule has 0 aromatic carbocycles. The summed E-state index contributed by atoms with van der Waals surface area (Å²) in [5.41, 5.74) is 0. The van der Waals surface area contributed by atoms with E-state index >= 15 is 0 Å². The summed E-state index contributed by atoms with van der Waals surface area (Å²) in [4.78, 5) is 0. The molecule has 0 saturated carbocycles. The summed E-state index contributed by atoms with van der Waals surface area (Å²) in [6.45, 7) is 5.25. The first-order valence-corrected chi connectivity index (χ1v) is 2.25. The lowest BCUT2D eigenvalue weighted by Crippen LogP contribution is -2.16. The van der Waals surface area contributed by atoms with Crippen LogP contribution in [0, 0.1) is 0 Å². The fourth-order valence-corrected chi connectivity index (χ4v) is 0.224. The zero-order chi connectivity index (χ0) is 4.99. The Morgan fingerprint density at radius 1 is 1.29 bits per heavy atom. The van der Waals surface area contributed by atoms with Crippen molar-refractivity contribution in [2.45, 2.75) is 13.8 Å². The largest absolute Gasteiger partial charge is 0.412 e. The molecule has 0 spiro atoms. The zero-order valence-electron chi connectivity index (χ0n) is 4.81. The lowest BCUT2D eigenvalue weighted by atomic mass is 10.6. The van der Waals surface area contributed by atoms with Gasteiger partial charge in [0.2, 0.25) is 0 Å². The molecule has 7 heavy (non-hydrogen) atoms. The molecule has 0 aliphatic heterocycles. The van der Waals surface area contributed by atoms with Crippen LogP contribution in [0.5, 0.6) is 0 Å². The quantitative estimate of drug-likeness (QED) is 0.501. The highest BCUT2D eigenvalue weighted by Crippen LogP contribution is 1.73. The molecular formula is C4H13NO2. The highest BCUT2D eigenvalue weighted by Gasteiger charge is 1.84. The van der Waals surface area contributed by atoms with Gasteiger partial charge in [0, 0.05) is 13.1 Å². The molecule has 0 heterocycles. The number of nitrogens with zero attached hydrogens (tertiary/aromatic N) is 1. The predicted octanol–water partition coefficient (Wildman–Crippen LogP) is -0.107. The van der Waals surface area contributed by atoms with E-state index in [9.17, 15) is 0 Å². The number of rotatable bonds is 2. The van der Waals surface area contributed by atoms with Crippen molar-refractivity contribution >= 4 is 0 Å². The van der Waals surface area contributed by atoms with Crippen molar-refractivity contribution in [1.29, 1.82) is 0 Å². The predicted molar refractivity (Wildman–Crippen MR) is 28.3 cm³/mol. The van der Waals surface area contributed by atoms with E-state index in [-0.39, 0.29) is 5.48 Å². The Bertz CT molecular complexity index is 28.9. The van der Waals surface area contributed by atoms with Gasteiger partial charge in [0.1, 0.15) is 0 Å². The van der Waals surface area contributed by atoms with Gasteiger partial charge in [-0.1, -0.05) is 13.8 Å². The van der Waals surface area contributed by atoms with Crippen molar-refractivity contribution in [3.63, 3.8) is 0 Å². The van der Waals surface area contributed by atoms with Gasteiger partial charge in [-0.15, -0.1) is 0 Å². The molecular weight excluding hydrogens is 94.0 g/mol. The van der Waals surface area contributed by atoms with Gasteiger partial charge in [0.25, 0.3) is 0 Å². The molecule has 0 unspecified atom stereocenters. The minimum atomic E-state index is 0. The smallest absolute Gasteiger partial charge is 0.0209 e. The molecule has 0 saturated heterocycles. The monoisotopic (exact) mass is 107 g/mol. The number of hydroxylamine groups is 2. The molecule has 0 atom stereocenters. The Morgan fingerprint density at radius 2 is 1.57 bits per heavy atom. The third-order valence-electron chi connectivity index (χ3n) is 0.730.